The molecule has 0 aliphatic rings. The van der Waals surface area contributed by atoms with Crippen LogP contribution in [0.3, 0.4) is 0 Å². The Morgan fingerprint density at radius 1 is 1.25 bits per heavy atom. The molecule has 0 bridgehead atoms. The Hall–Kier alpha value is -2.34. The van der Waals surface area contributed by atoms with Crippen LogP contribution in [-0.4, -0.2) is 17.1 Å². The zero-order chi connectivity index (χ0) is 14.4. The van der Waals surface area contributed by atoms with Crippen LogP contribution >= 0.6 is 0 Å². The van der Waals surface area contributed by atoms with Crippen molar-refractivity contribution in [1.82, 2.24) is 9.97 Å². The number of hydrogen-bond donors (Lipinski definition) is 2. The van der Waals surface area contributed by atoms with Crippen LogP contribution in [0.4, 0.5) is 5.82 Å². The van der Waals surface area contributed by atoms with E-state index in [1.165, 1.54) is 6.33 Å². The van der Waals surface area contributed by atoms with Crippen molar-refractivity contribution in [3.05, 3.63) is 36.2 Å². The molecule has 0 aliphatic carbocycles. The van der Waals surface area contributed by atoms with Crippen LogP contribution in [0.1, 0.15) is 18.9 Å². The van der Waals surface area contributed by atoms with Gasteiger partial charge in [0.1, 0.15) is 23.6 Å². The fourth-order valence-electron chi connectivity index (χ4n) is 1.86. The molecule has 6 heteroatoms. The normalized spacial score (nSPS) is 10.2. The minimum absolute atomic E-state index is 0.503. The third-order valence-electron chi connectivity index (χ3n) is 2.80. The first-order valence-corrected chi connectivity index (χ1v) is 6.40. The first-order valence-electron chi connectivity index (χ1n) is 6.40. The Kier molecular flexibility index (Phi) is 4.73. The van der Waals surface area contributed by atoms with Crippen LogP contribution in [0.15, 0.2) is 30.6 Å². The van der Waals surface area contributed by atoms with Gasteiger partial charge in [-0.3, -0.25) is 0 Å². The first-order chi connectivity index (χ1) is 9.78. The van der Waals surface area contributed by atoms with Crippen molar-refractivity contribution < 1.29 is 9.47 Å². The van der Waals surface area contributed by atoms with Gasteiger partial charge in [-0.05, 0) is 18.6 Å². The second-order valence-corrected chi connectivity index (χ2v) is 4.18. The number of methoxy groups -OCH3 is 1. The largest absolute Gasteiger partial charge is 0.497 e. The summed E-state index contributed by atoms with van der Waals surface area (Å²) in [7, 11) is 1.61. The Morgan fingerprint density at radius 2 is 2.05 bits per heavy atom. The molecular weight excluding hydrogens is 256 g/mol. The monoisotopic (exact) mass is 274 g/mol. The summed E-state index contributed by atoms with van der Waals surface area (Å²) in [6, 6.07) is 7.35. The molecule has 106 valence electrons. The van der Waals surface area contributed by atoms with Gasteiger partial charge in [0.2, 0.25) is 5.88 Å². The van der Waals surface area contributed by atoms with E-state index in [1.807, 2.05) is 18.2 Å². The molecule has 3 N–H and O–H groups in total. The lowest BCUT2D eigenvalue weighted by atomic mass is 10.2. The SMILES string of the molecule is CCCc1c(NN)ncnc1Oc1cccc(OC)c1. The molecule has 0 unspecified atom stereocenters. The highest BCUT2D eigenvalue weighted by Gasteiger charge is 2.12. The number of nitrogens with zero attached hydrogens (tertiary/aromatic N) is 2. The molecule has 0 atom stereocenters. The number of nitrogens with two attached hydrogens (primary N) is 1. The van der Waals surface area contributed by atoms with Crippen molar-refractivity contribution in [2.75, 3.05) is 12.5 Å². The maximum atomic E-state index is 5.82. The molecule has 1 heterocycles. The molecule has 1 aromatic heterocycles. The maximum absolute atomic E-state index is 5.82. The van der Waals surface area contributed by atoms with E-state index in [-0.39, 0.29) is 0 Å². The van der Waals surface area contributed by atoms with Gasteiger partial charge in [-0.1, -0.05) is 19.4 Å². The van der Waals surface area contributed by atoms with Gasteiger partial charge in [-0.2, -0.15) is 0 Å². The molecule has 0 saturated carbocycles. The third-order valence-corrected chi connectivity index (χ3v) is 2.80. The Balaban J connectivity index is 2.32. The first kappa shape index (κ1) is 14.1. The van der Waals surface area contributed by atoms with E-state index in [9.17, 15) is 0 Å². The molecule has 0 saturated heterocycles. The molecule has 20 heavy (non-hydrogen) atoms. The fourth-order valence-corrected chi connectivity index (χ4v) is 1.86. The molecule has 0 amide bonds. The fraction of sp³-hybridized carbons (Fsp3) is 0.286. The van der Waals surface area contributed by atoms with E-state index in [0.717, 1.165) is 24.2 Å². The van der Waals surface area contributed by atoms with Gasteiger partial charge in [0.15, 0.2) is 0 Å². The summed E-state index contributed by atoms with van der Waals surface area (Å²) < 4.78 is 11.0. The number of hydrogen-bond acceptors (Lipinski definition) is 6. The lowest BCUT2D eigenvalue weighted by molar-refractivity contribution is 0.406. The van der Waals surface area contributed by atoms with E-state index in [1.54, 1.807) is 13.2 Å². The van der Waals surface area contributed by atoms with Crippen molar-refractivity contribution in [2.24, 2.45) is 5.84 Å². The van der Waals surface area contributed by atoms with Gasteiger partial charge < -0.3 is 14.9 Å². The van der Waals surface area contributed by atoms with Crippen molar-refractivity contribution in [1.29, 1.82) is 0 Å². The number of hydrazine groups is 1. The summed E-state index contributed by atoms with van der Waals surface area (Å²) >= 11 is 0. The molecule has 1 aromatic carbocycles. The molecule has 0 spiro atoms. The van der Waals surface area contributed by atoms with Crippen LogP contribution in [0.2, 0.25) is 0 Å². The van der Waals surface area contributed by atoms with Crippen LogP contribution in [0, 0.1) is 0 Å². The second kappa shape index (κ2) is 6.72. The molecule has 0 aliphatic heterocycles. The van der Waals surface area contributed by atoms with Crippen molar-refractivity contribution >= 4 is 5.82 Å². The molecule has 2 aromatic rings. The van der Waals surface area contributed by atoms with E-state index in [2.05, 4.69) is 22.3 Å². The quantitative estimate of drug-likeness (QED) is 0.622. The van der Waals surface area contributed by atoms with Crippen LogP contribution in [-0.2, 0) is 6.42 Å². The third kappa shape index (κ3) is 3.16. The highest BCUT2D eigenvalue weighted by Crippen LogP contribution is 2.29. The molecular formula is C14H18N4O2. The van der Waals surface area contributed by atoms with Crippen LogP contribution in [0.5, 0.6) is 17.4 Å². The van der Waals surface area contributed by atoms with Crippen LogP contribution < -0.4 is 20.7 Å². The Bertz CT molecular complexity index is 575. The van der Waals surface area contributed by atoms with Gasteiger partial charge >= 0.3 is 0 Å². The average Bonchev–Trinajstić information content (AvgIpc) is 2.49. The number of ether oxygens (including phenoxy) is 2. The Labute approximate surface area is 117 Å². The highest BCUT2D eigenvalue weighted by atomic mass is 16.5. The lowest BCUT2D eigenvalue weighted by Crippen LogP contribution is -2.12. The predicted molar refractivity (Wildman–Crippen MR) is 76.9 cm³/mol. The number of nitrogen functional groups attached to an aromatic ring is 1. The second-order valence-electron chi connectivity index (χ2n) is 4.18. The van der Waals surface area contributed by atoms with E-state index < -0.39 is 0 Å². The van der Waals surface area contributed by atoms with Gasteiger partial charge in [-0.25, -0.2) is 15.8 Å². The highest BCUT2D eigenvalue weighted by molar-refractivity contribution is 5.49. The minimum atomic E-state index is 0.503. The van der Waals surface area contributed by atoms with Crippen LogP contribution in [0.25, 0.3) is 0 Å². The summed E-state index contributed by atoms with van der Waals surface area (Å²) in [5.41, 5.74) is 3.43. The van der Waals surface area contributed by atoms with Gasteiger partial charge in [0.05, 0.1) is 12.7 Å². The number of aromatic nitrogens is 2. The van der Waals surface area contributed by atoms with Crippen molar-refractivity contribution in [2.45, 2.75) is 19.8 Å². The predicted octanol–water partition coefficient (Wildman–Crippen LogP) is 2.52. The number of benzene rings is 1. The van der Waals surface area contributed by atoms with Gasteiger partial charge in [0, 0.05) is 6.07 Å². The van der Waals surface area contributed by atoms with Gasteiger partial charge in [0.25, 0.3) is 0 Å². The van der Waals surface area contributed by atoms with E-state index in [4.69, 9.17) is 15.3 Å². The summed E-state index contributed by atoms with van der Waals surface area (Å²) in [6.07, 6.45) is 3.14. The van der Waals surface area contributed by atoms with Crippen molar-refractivity contribution in [3.63, 3.8) is 0 Å². The topological polar surface area (TPSA) is 82.3 Å². The average molecular weight is 274 g/mol. The standard InChI is InChI=1S/C14H18N4O2/c1-3-5-12-13(18-15)16-9-17-14(12)20-11-7-4-6-10(8-11)19-2/h4,6-9H,3,5,15H2,1-2H3,(H,16,17,18). The van der Waals surface area contributed by atoms with E-state index in [0.29, 0.717) is 17.4 Å². The number of rotatable bonds is 6. The maximum Gasteiger partial charge on any atom is 0.227 e. The zero-order valence-electron chi connectivity index (χ0n) is 11.6. The minimum Gasteiger partial charge on any atom is -0.497 e. The van der Waals surface area contributed by atoms with Crippen molar-refractivity contribution in [3.8, 4) is 17.4 Å². The van der Waals surface area contributed by atoms with E-state index >= 15 is 0 Å². The number of nitrogens with one attached hydrogen (secondary N) is 1. The summed E-state index contributed by atoms with van der Waals surface area (Å²) in [5.74, 6) is 7.94. The smallest absolute Gasteiger partial charge is 0.227 e. The summed E-state index contributed by atoms with van der Waals surface area (Å²) in [4.78, 5) is 8.29. The zero-order valence-corrected chi connectivity index (χ0v) is 11.6. The molecule has 0 radical (unpaired) electrons. The summed E-state index contributed by atoms with van der Waals surface area (Å²) in [6.45, 7) is 2.07. The molecule has 6 nitrogen and oxygen atoms in total. The number of anilines is 1. The lowest BCUT2D eigenvalue weighted by Gasteiger charge is -2.12. The molecule has 2 rings (SSSR count). The molecule has 0 fully saturated rings. The van der Waals surface area contributed by atoms with Gasteiger partial charge in [-0.15, -0.1) is 0 Å². The Morgan fingerprint density at radius 3 is 2.75 bits per heavy atom. The summed E-state index contributed by atoms with van der Waals surface area (Å²) in [5, 5.41) is 0.